The van der Waals surface area contributed by atoms with Crippen molar-refractivity contribution < 1.29 is 14.5 Å². The first-order chi connectivity index (χ1) is 11.7. The van der Waals surface area contributed by atoms with Crippen molar-refractivity contribution in [2.45, 2.75) is 72.0 Å². The molecule has 6 heteroatoms. The second-order valence-electron chi connectivity index (χ2n) is 7.34. The first-order valence-corrected chi connectivity index (χ1v) is 8.97. The van der Waals surface area contributed by atoms with Crippen LogP contribution in [-0.4, -0.2) is 33.9 Å². The molecule has 0 bridgehead atoms. The highest BCUT2D eigenvalue weighted by Gasteiger charge is 2.55. The lowest BCUT2D eigenvalue weighted by molar-refractivity contribution is -0.384. The van der Waals surface area contributed by atoms with Crippen molar-refractivity contribution in [2.24, 2.45) is 5.41 Å². The molecule has 0 radical (unpaired) electrons. The molecule has 1 saturated carbocycles. The quantitative estimate of drug-likeness (QED) is 0.320. The topological polar surface area (TPSA) is 72.7 Å². The highest BCUT2D eigenvalue weighted by atomic mass is 16.6. The van der Waals surface area contributed by atoms with Gasteiger partial charge in [-0.25, -0.2) is 0 Å². The summed E-state index contributed by atoms with van der Waals surface area (Å²) in [6.07, 6.45) is 2.52. The minimum absolute atomic E-state index is 0.0164. The van der Waals surface area contributed by atoms with Crippen LogP contribution in [0, 0.1) is 15.5 Å². The van der Waals surface area contributed by atoms with E-state index in [2.05, 4.69) is 32.6 Å². The normalized spacial score (nSPS) is 23.0. The summed E-state index contributed by atoms with van der Waals surface area (Å²) in [6.45, 7) is 10.6. The Balaban J connectivity index is 2.18. The predicted molar refractivity (Wildman–Crippen MR) is 96.6 cm³/mol. The van der Waals surface area contributed by atoms with E-state index in [4.69, 9.17) is 4.74 Å². The molecule has 25 heavy (non-hydrogen) atoms. The van der Waals surface area contributed by atoms with Crippen LogP contribution in [0.3, 0.4) is 0 Å². The van der Waals surface area contributed by atoms with Crippen molar-refractivity contribution in [1.29, 1.82) is 0 Å². The van der Waals surface area contributed by atoms with Crippen LogP contribution in [0.15, 0.2) is 24.3 Å². The molecular weight excluding hydrogens is 320 g/mol. The van der Waals surface area contributed by atoms with E-state index < -0.39 is 10.3 Å². The molecule has 138 valence electrons. The molecular formula is C19H28N2O4. The van der Waals surface area contributed by atoms with E-state index in [0.717, 1.165) is 19.3 Å². The Labute approximate surface area is 149 Å². The largest absolute Gasteiger partial charge is 0.426 e. The number of nitrogens with zero attached hydrogens (tertiary/aromatic N) is 2. The maximum atomic E-state index is 12.9. The zero-order chi connectivity index (χ0) is 18.8. The number of benzene rings is 1. The summed E-state index contributed by atoms with van der Waals surface area (Å²) in [6, 6.07) is 6.54. The number of ether oxygens (including phenoxy) is 1. The van der Waals surface area contributed by atoms with Crippen molar-refractivity contribution in [3.05, 3.63) is 34.4 Å². The van der Waals surface area contributed by atoms with Crippen LogP contribution in [0.1, 0.15) is 53.9 Å². The molecule has 1 fully saturated rings. The number of hydrogen-bond donors (Lipinski definition) is 0. The second kappa shape index (κ2) is 7.52. The van der Waals surface area contributed by atoms with Crippen LogP contribution in [-0.2, 0) is 4.79 Å². The van der Waals surface area contributed by atoms with Gasteiger partial charge in [-0.1, -0.05) is 6.92 Å². The average Bonchev–Trinajstić information content (AvgIpc) is 2.52. The molecule has 2 atom stereocenters. The third kappa shape index (κ3) is 3.68. The summed E-state index contributed by atoms with van der Waals surface area (Å²) in [5, 5.41) is 10.7. The molecule has 0 saturated heterocycles. The first-order valence-electron chi connectivity index (χ1n) is 8.97. The van der Waals surface area contributed by atoms with E-state index in [1.807, 2.05) is 6.92 Å². The van der Waals surface area contributed by atoms with Gasteiger partial charge in [-0.2, -0.15) is 0 Å². The minimum Gasteiger partial charge on any atom is -0.426 e. The Kier molecular flexibility index (Phi) is 5.83. The van der Waals surface area contributed by atoms with Gasteiger partial charge in [0.1, 0.15) is 5.75 Å². The van der Waals surface area contributed by atoms with Crippen molar-refractivity contribution in [3.8, 4) is 5.75 Å². The molecule has 0 heterocycles. The van der Waals surface area contributed by atoms with Gasteiger partial charge in [0.25, 0.3) is 5.69 Å². The summed E-state index contributed by atoms with van der Waals surface area (Å²) >= 11 is 0. The number of nitro benzene ring substituents is 1. The molecule has 0 aromatic heterocycles. The van der Waals surface area contributed by atoms with Gasteiger partial charge in [0.15, 0.2) is 0 Å². The maximum absolute atomic E-state index is 12.9. The summed E-state index contributed by atoms with van der Waals surface area (Å²) in [7, 11) is 0. The van der Waals surface area contributed by atoms with Gasteiger partial charge in [0, 0.05) is 30.3 Å². The molecule has 6 nitrogen and oxygen atoms in total. The van der Waals surface area contributed by atoms with E-state index in [9.17, 15) is 14.9 Å². The van der Waals surface area contributed by atoms with Gasteiger partial charge in [-0.15, -0.1) is 0 Å². The predicted octanol–water partition coefficient (Wildman–Crippen LogP) is 4.18. The highest BCUT2D eigenvalue weighted by Crippen LogP contribution is 2.49. The second-order valence-corrected chi connectivity index (χ2v) is 7.34. The monoisotopic (exact) mass is 348 g/mol. The van der Waals surface area contributed by atoms with E-state index in [-0.39, 0.29) is 17.7 Å². The van der Waals surface area contributed by atoms with Gasteiger partial charge in [0.05, 0.1) is 10.3 Å². The van der Waals surface area contributed by atoms with E-state index in [1.54, 1.807) is 0 Å². The van der Waals surface area contributed by atoms with Crippen molar-refractivity contribution in [1.82, 2.24) is 4.90 Å². The Hall–Kier alpha value is -1.95. The van der Waals surface area contributed by atoms with E-state index >= 15 is 0 Å². The Morgan fingerprint density at radius 3 is 2.20 bits per heavy atom. The van der Waals surface area contributed by atoms with Gasteiger partial charge in [-0.05, 0) is 59.1 Å². The molecule has 0 amide bonds. The number of rotatable bonds is 7. The summed E-state index contributed by atoms with van der Waals surface area (Å²) in [5.41, 5.74) is -0.520. The zero-order valence-electron chi connectivity index (χ0n) is 15.7. The van der Waals surface area contributed by atoms with Gasteiger partial charge < -0.3 is 4.74 Å². The lowest BCUT2D eigenvalue weighted by Crippen LogP contribution is -2.63. The number of nitro groups is 1. The van der Waals surface area contributed by atoms with Crippen LogP contribution >= 0.6 is 0 Å². The molecule has 0 spiro atoms. The summed E-state index contributed by atoms with van der Waals surface area (Å²) in [5.74, 6) is 0.126. The summed E-state index contributed by atoms with van der Waals surface area (Å²) < 4.78 is 5.60. The highest BCUT2D eigenvalue weighted by molar-refractivity contribution is 5.81. The SMILES string of the molecule is CCC1(C(=O)Oc2ccc([N+](=O)[O-])cc2)CCC1N(C(C)C)C(C)C. The van der Waals surface area contributed by atoms with Crippen LogP contribution < -0.4 is 4.74 Å². The molecule has 2 unspecified atom stereocenters. The number of esters is 1. The van der Waals surface area contributed by atoms with E-state index in [0.29, 0.717) is 17.8 Å². The van der Waals surface area contributed by atoms with Crippen LogP contribution in [0.5, 0.6) is 5.75 Å². The van der Waals surface area contributed by atoms with Crippen LogP contribution in [0.4, 0.5) is 5.69 Å². The minimum atomic E-state index is -0.504. The van der Waals surface area contributed by atoms with Crippen molar-refractivity contribution >= 4 is 11.7 Å². The molecule has 2 rings (SSSR count). The number of hydrogen-bond acceptors (Lipinski definition) is 5. The number of non-ortho nitro benzene ring substituents is 1. The lowest BCUT2D eigenvalue weighted by Gasteiger charge is -2.54. The molecule has 1 aliphatic carbocycles. The van der Waals surface area contributed by atoms with Crippen LogP contribution in [0.2, 0.25) is 0 Å². The number of carbonyl (C=O) groups excluding carboxylic acids is 1. The van der Waals surface area contributed by atoms with Crippen LogP contribution in [0.25, 0.3) is 0 Å². The van der Waals surface area contributed by atoms with Gasteiger partial charge in [0.2, 0.25) is 0 Å². The third-order valence-corrected chi connectivity index (χ3v) is 5.35. The lowest BCUT2D eigenvalue weighted by atomic mass is 9.61. The smallest absolute Gasteiger partial charge is 0.319 e. The Morgan fingerprint density at radius 2 is 1.84 bits per heavy atom. The fourth-order valence-corrected chi connectivity index (χ4v) is 4.01. The standard InChI is InChI=1S/C19H28N2O4/c1-6-19(12-11-17(19)20(13(2)3)14(4)5)18(22)25-16-9-7-15(8-10-16)21(23)24/h7-10,13-14,17H,6,11-12H2,1-5H3. The zero-order valence-corrected chi connectivity index (χ0v) is 15.7. The molecule has 0 N–H and O–H groups in total. The van der Waals surface area contributed by atoms with E-state index in [1.165, 1.54) is 24.3 Å². The van der Waals surface area contributed by atoms with Gasteiger partial charge >= 0.3 is 5.97 Å². The third-order valence-electron chi connectivity index (χ3n) is 5.35. The average molecular weight is 348 g/mol. The maximum Gasteiger partial charge on any atom is 0.319 e. The molecule has 1 aromatic rings. The Bertz CT molecular complexity index is 615. The molecule has 0 aliphatic heterocycles. The summed E-state index contributed by atoms with van der Waals surface area (Å²) in [4.78, 5) is 25.6. The molecule has 1 aliphatic rings. The molecule has 1 aromatic carbocycles. The fourth-order valence-electron chi connectivity index (χ4n) is 4.01. The van der Waals surface area contributed by atoms with Gasteiger partial charge in [-0.3, -0.25) is 19.8 Å². The van der Waals surface area contributed by atoms with Crippen molar-refractivity contribution in [3.63, 3.8) is 0 Å². The Morgan fingerprint density at radius 1 is 1.28 bits per heavy atom. The first kappa shape index (κ1) is 19.4. The number of carbonyl (C=O) groups is 1. The fraction of sp³-hybridized carbons (Fsp3) is 0.632. The van der Waals surface area contributed by atoms with Crippen molar-refractivity contribution in [2.75, 3.05) is 0 Å².